The molecular formula is C36H56O3S2. The van der Waals surface area contributed by atoms with Crippen LogP contribution < -0.4 is 4.74 Å². The van der Waals surface area contributed by atoms with Crippen molar-refractivity contribution in [1.29, 1.82) is 0 Å². The Balaban J connectivity index is 2.72. The number of carboxylic acids is 1. The van der Waals surface area contributed by atoms with Crippen LogP contribution in [0.5, 0.6) is 5.75 Å². The molecule has 0 aliphatic rings. The molecule has 0 bridgehead atoms. The van der Waals surface area contributed by atoms with Crippen molar-refractivity contribution in [3.05, 3.63) is 52.1 Å². The molecule has 0 radical (unpaired) electrons. The van der Waals surface area contributed by atoms with E-state index in [0.29, 0.717) is 5.75 Å². The summed E-state index contributed by atoms with van der Waals surface area (Å²) in [5.41, 5.74) is 6.05. The first-order valence-electron chi connectivity index (χ1n) is 15.0. The van der Waals surface area contributed by atoms with Crippen LogP contribution in [0.1, 0.15) is 138 Å². The molecule has 0 aliphatic heterocycles. The summed E-state index contributed by atoms with van der Waals surface area (Å²) in [5, 5.41) is 9.39. The molecule has 0 aromatic heterocycles. The summed E-state index contributed by atoms with van der Waals surface area (Å²) in [6.07, 6.45) is 2.14. The second kappa shape index (κ2) is 12.6. The third-order valence-corrected chi connectivity index (χ3v) is 10.1. The first-order valence-corrected chi connectivity index (χ1v) is 16.6. The monoisotopic (exact) mass is 600 g/mol. The molecule has 5 heteroatoms. The smallest absolute Gasteiger partial charge is 0.341 e. The van der Waals surface area contributed by atoms with E-state index in [1.54, 1.807) is 0 Å². The average molecular weight is 601 g/mol. The second-order valence-corrected chi connectivity index (χ2v) is 19.2. The summed E-state index contributed by atoms with van der Waals surface area (Å²) >= 11 is 3.90. The minimum Gasteiger partial charge on any atom is -0.481 e. The molecule has 0 fully saturated rings. The van der Waals surface area contributed by atoms with Gasteiger partial charge in [-0.25, -0.2) is 4.79 Å². The average Bonchev–Trinajstić information content (AvgIpc) is 2.75. The summed E-state index contributed by atoms with van der Waals surface area (Å²) in [6, 6.07) is 9.32. The molecule has 0 saturated heterocycles. The van der Waals surface area contributed by atoms with Gasteiger partial charge in [-0.2, -0.15) is 0 Å². The maximum Gasteiger partial charge on any atom is 0.341 e. The molecule has 230 valence electrons. The standard InChI is InChI=1S/C36H56O3S2/c1-16-17-36(15,40-24-18-26(32(3,4)5)23(2)27(19-24)33(6,7)8)41-25-20-28(34(9,10)11)31(39-22-30(37)38)29(21-25)35(12,13)14/h18-21H,16-17,22H2,1-15H3,(H,37,38). The molecule has 1 unspecified atom stereocenters. The van der Waals surface area contributed by atoms with Gasteiger partial charge in [0.2, 0.25) is 0 Å². The fourth-order valence-electron chi connectivity index (χ4n) is 5.45. The van der Waals surface area contributed by atoms with Gasteiger partial charge in [-0.1, -0.05) is 96.4 Å². The zero-order valence-corrected chi connectivity index (χ0v) is 30.1. The molecule has 0 saturated carbocycles. The van der Waals surface area contributed by atoms with Crippen LogP contribution in [-0.2, 0) is 26.5 Å². The number of carbonyl (C=O) groups is 1. The van der Waals surface area contributed by atoms with E-state index in [2.05, 4.69) is 128 Å². The zero-order chi connectivity index (χ0) is 31.8. The lowest BCUT2D eigenvalue weighted by Crippen LogP contribution is -2.23. The van der Waals surface area contributed by atoms with E-state index in [1.807, 2.05) is 23.5 Å². The summed E-state index contributed by atoms with van der Waals surface area (Å²) in [6.45, 7) is 33.5. The van der Waals surface area contributed by atoms with Crippen LogP contribution in [0.15, 0.2) is 34.1 Å². The van der Waals surface area contributed by atoms with Crippen molar-refractivity contribution < 1.29 is 14.6 Å². The number of benzene rings is 2. The molecule has 0 amide bonds. The van der Waals surface area contributed by atoms with Crippen LogP contribution in [-0.4, -0.2) is 21.8 Å². The molecule has 3 nitrogen and oxygen atoms in total. The van der Waals surface area contributed by atoms with Crippen molar-refractivity contribution in [1.82, 2.24) is 0 Å². The lowest BCUT2D eigenvalue weighted by Gasteiger charge is -2.34. The Bertz CT molecular complexity index is 1160. The topological polar surface area (TPSA) is 46.5 Å². The largest absolute Gasteiger partial charge is 0.481 e. The maximum absolute atomic E-state index is 11.5. The summed E-state index contributed by atoms with van der Waals surface area (Å²) in [5.74, 6) is -0.248. The van der Waals surface area contributed by atoms with Crippen LogP contribution >= 0.6 is 23.5 Å². The molecule has 0 spiro atoms. The fourth-order valence-corrected chi connectivity index (χ4v) is 8.51. The molecule has 1 atom stereocenters. The van der Waals surface area contributed by atoms with Crippen molar-refractivity contribution in [2.75, 3.05) is 6.61 Å². The Morgan fingerprint density at radius 2 is 1.02 bits per heavy atom. The van der Waals surface area contributed by atoms with Gasteiger partial charge in [-0.3, -0.25) is 0 Å². The Labute approximate surface area is 260 Å². The number of carboxylic acid groups (broad SMARTS) is 1. The predicted molar refractivity (Wildman–Crippen MR) is 181 cm³/mol. The van der Waals surface area contributed by atoms with Gasteiger partial charge in [0.15, 0.2) is 6.61 Å². The number of ether oxygens (including phenoxy) is 1. The fraction of sp³-hybridized carbons (Fsp3) is 0.639. The van der Waals surface area contributed by atoms with Gasteiger partial charge in [-0.05, 0) is 82.9 Å². The van der Waals surface area contributed by atoms with Crippen molar-refractivity contribution >= 4 is 29.5 Å². The quantitative estimate of drug-likeness (QED) is 0.229. The van der Waals surface area contributed by atoms with E-state index < -0.39 is 5.97 Å². The SMILES string of the molecule is CCCC(C)(Sc1cc(C(C)(C)C)c(C)c(C(C)(C)C)c1)Sc1cc(C(C)(C)C)c(OCC(=O)O)c(C(C)(C)C)c1. The first kappa shape index (κ1) is 35.6. The van der Waals surface area contributed by atoms with Crippen LogP contribution in [0.25, 0.3) is 0 Å². The Kier molecular flexibility index (Phi) is 10.9. The number of thioether (sulfide) groups is 2. The van der Waals surface area contributed by atoms with Crippen molar-refractivity contribution in [2.45, 2.75) is 152 Å². The minimum atomic E-state index is -0.961. The Hall–Kier alpha value is -1.59. The molecule has 2 rings (SSSR count). The zero-order valence-electron chi connectivity index (χ0n) is 28.5. The van der Waals surface area contributed by atoms with Crippen LogP contribution in [0.3, 0.4) is 0 Å². The highest BCUT2D eigenvalue weighted by molar-refractivity contribution is 8.18. The molecule has 0 aliphatic carbocycles. The Morgan fingerprint density at radius 3 is 1.32 bits per heavy atom. The molecule has 2 aromatic carbocycles. The molecule has 0 heterocycles. The number of aliphatic carboxylic acids is 1. The van der Waals surface area contributed by atoms with Gasteiger partial charge in [0, 0.05) is 20.9 Å². The van der Waals surface area contributed by atoms with Crippen molar-refractivity contribution in [3.63, 3.8) is 0 Å². The second-order valence-electron chi connectivity index (χ2n) is 15.8. The van der Waals surface area contributed by atoms with Gasteiger partial charge in [-0.15, -0.1) is 23.5 Å². The molecular weight excluding hydrogens is 545 g/mol. The van der Waals surface area contributed by atoms with Gasteiger partial charge in [0.05, 0.1) is 4.08 Å². The van der Waals surface area contributed by atoms with Crippen molar-refractivity contribution in [3.8, 4) is 5.75 Å². The summed E-state index contributed by atoms with van der Waals surface area (Å²) in [4.78, 5) is 14.0. The summed E-state index contributed by atoms with van der Waals surface area (Å²) < 4.78 is 5.90. The Morgan fingerprint density at radius 1 is 0.683 bits per heavy atom. The molecule has 2 aromatic rings. The molecule has 41 heavy (non-hydrogen) atoms. The minimum absolute atomic E-state index is 0.0595. The van der Waals surface area contributed by atoms with E-state index in [-0.39, 0.29) is 32.3 Å². The highest BCUT2D eigenvalue weighted by Gasteiger charge is 2.33. The van der Waals surface area contributed by atoms with Gasteiger partial charge >= 0.3 is 5.97 Å². The number of hydrogen-bond acceptors (Lipinski definition) is 4. The van der Waals surface area contributed by atoms with Gasteiger partial charge in [0.1, 0.15) is 5.75 Å². The van der Waals surface area contributed by atoms with Gasteiger partial charge in [0.25, 0.3) is 0 Å². The lowest BCUT2D eigenvalue weighted by molar-refractivity contribution is -0.139. The van der Waals surface area contributed by atoms with E-state index in [0.717, 1.165) is 24.0 Å². The third-order valence-electron chi connectivity index (χ3n) is 7.39. The van der Waals surface area contributed by atoms with Gasteiger partial charge < -0.3 is 9.84 Å². The van der Waals surface area contributed by atoms with Crippen LogP contribution in [0, 0.1) is 6.92 Å². The first-order chi connectivity index (χ1) is 18.4. The van der Waals surface area contributed by atoms with E-state index in [4.69, 9.17) is 4.74 Å². The molecule has 1 N–H and O–H groups in total. The lowest BCUT2D eigenvalue weighted by atomic mass is 9.77. The highest BCUT2D eigenvalue weighted by atomic mass is 32.2. The normalized spacial score (nSPS) is 14.6. The van der Waals surface area contributed by atoms with E-state index in [1.165, 1.54) is 26.5 Å². The predicted octanol–water partition coefficient (Wildman–Crippen LogP) is 11.0. The number of rotatable bonds is 9. The van der Waals surface area contributed by atoms with E-state index in [9.17, 15) is 9.90 Å². The van der Waals surface area contributed by atoms with E-state index >= 15 is 0 Å². The third kappa shape index (κ3) is 9.45. The van der Waals surface area contributed by atoms with Crippen molar-refractivity contribution in [2.24, 2.45) is 0 Å². The number of hydrogen-bond donors (Lipinski definition) is 1. The highest BCUT2D eigenvalue weighted by Crippen LogP contribution is 2.52. The maximum atomic E-state index is 11.5. The van der Waals surface area contributed by atoms with Crippen LogP contribution in [0.2, 0.25) is 0 Å². The van der Waals surface area contributed by atoms with Crippen LogP contribution in [0.4, 0.5) is 0 Å². The summed E-state index contributed by atoms with van der Waals surface area (Å²) in [7, 11) is 0.